The van der Waals surface area contributed by atoms with Gasteiger partial charge in [0.1, 0.15) is 0 Å². The van der Waals surface area contributed by atoms with E-state index in [1.165, 1.54) is 0 Å². The summed E-state index contributed by atoms with van der Waals surface area (Å²) in [6, 6.07) is 7.71. The molecule has 0 radical (unpaired) electrons. The molecule has 1 aliphatic heterocycles. The molecule has 1 heterocycles. The van der Waals surface area contributed by atoms with Crippen LogP contribution in [0.3, 0.4) is 0 Å². The number of rotatable bonds is 6. The van der Waals surface area contributed by atoms with Gasteiger partial charge in [-0.25, -0.2) is 4.79 Å². The molecule has 26 heavy (non-hydrogen) atoms. The van der Waals surface area contributed by atoms with Crippen molar-refractivity contribution in [2.45, 2.75) is 32.9 Å². The van der Waals surface area contributed by atoms with E-state index in [1.54, 1.807) is 7.05 Å². The van der Waals surface area contributed by atoms with Crippen LogP contribution < -0.4 is 16.0 Å². The van der Waals surface area contributed by atoms with E-state index in [1.807, 2.05) is 45.2 Å². The lowest BCUT2D eigenvalue weighted by Gasteiger charge is -2.24. The standard InChI is InChI=1S/C19H31N5O2/c1-14(2)22-19(25)23-17-7-5-15(6-8-17)11-21-18(20-3)24(4)12-16-9-10-26-13-16/h5-8,14,16H,9-13H2,1-4H3,(H,20,21)(H2,22,23,25). The Balaban J connectivity index is 1.81. The third-order valence-corrected chi connectivity index (χ3v) is 4.21. The van der Waals surface area contributed by atoms with Crippen molar-refractivity contribution in [1.82, 2.24) is 15.5 Å². The molecule has 1 saturated heterocycles. The Kier molecular flexibility index (Phi) is 7.72. The molecule has 1 aliphatic rings. The molecule has 7 nitrogen and oxygen atoms in total. The van der Waals surface area contributed by atoms with Crippen molar-refractivity contribution < 1.29 is 9.53 Å². The Morgan fingerprint density at radius 2 is 2.08 bits per heavy atom. The van der Waals surface area contributed by atoms with Crippen LogP contribution >= 0.6 is 0 Å². The molecule has 2 rings (SSSR count). The van der Waals surface area contributed by atoms with Gasteiger partial charge < -0.3 is 25.6 Å². The van der Waals surface area contributed by atoms with E-state index in [0.717, 1.165) is 43.4 Å². The molecule has 7 heteroatoms. The first-order valence-corrected chi connectivity index (χ1v) is 9.14. The molecule has 144 valence electrons. The topological polar surface area (TPSA) is 78.0 Å². The third-order valence-electron chi connectivity index (χ3n) is 4.21. The van der Waals surface area contributed by atoms with E-state index in [-0.39, 0.29) is 12.1 Å². The SMILES string of the molecule is CN=C(NCc1ccc(NC(=O)NC(C)C)cc1)N(C)CC1CCOC1. The lowest BCUT2D eigenvalue weighted by atomic mass is 10.1. The van der Waals surface area contributed by atoms with E-state index >= 15 is 0 Å². The van der Waals surface area contributed by atoms with Crippen LogP contribution in [0.2, 0.25) is 0 Å². The van der Waals surface area contributed by atoms with Crippen molar-refractivity contribution in [2.24, 2.45) is 10.9 Å². The second kappa shape index (κ2) is 10.0. The molecular formula is C19H31N5O2. The second-order valence-corrected chi connectivity index (χ2v) is 6.96. The molecule has 0 aliphatic carbocycles. The molecule has 0 spiro atoms. The monoisotopic (exact) mass is 361 g/mol. The first kappa shape index (κ1) is 20.0. The molecule has 1 fully saturated rings. The van der Waals surface area contributed by atoms with E-state index in [9.17, 15) is 4.79 Å². The first-order valence-electron chi connectivity index (χ1n) is 9.14. The van der Waals surface area contributed by atoms with E-state index < -0.39 is 0 Å². The van der Waals surface area contributed by atoms with Crippen LogP contribution in [0.25, 0.3) is 0 Å². The molecule has 0 saturated carbocycles. The summed E-state index contributed by atoms with van der Waals surface area (Å²) in [4.78, 5) is 18.2. The summed E-state index contributed by atoms with van der Waals surface area (Å²) in [6.45, 7) is 7.17. The van der Waals surface area contributed by atoms with Gasteiger partial charge in [-0.2, -0.15) is 0 Å². The number of carbonyl (C=O) groups is 1. The Hall–Kier alpha value is -2.28. The van der Waals surface area contributed by atoms with Crippen LogP contribution in [0.15, 0.2) is 29.3 Å². The summed E-state index contributed by atoms with van der Waals surface area (Å²) in [7, 11) is 3.85. The van der Waals surface area contributed by atoms with Gasteiger partial charge in [-0.1, -0.05) is 12.1 Å². The fourth-order valence-electron chi connectivity index (χ4n) is 2.90. The summed E-state index contributed by atoms with van der Waals surface area (Å²) < 4.78 is 5.44. The molecule has 1 unspecified atom stereocenters. The molecule has 1 aromatic rings. The Morgan fingerprint density at radius 1 is 1.35 bits per heavy atom. The number of benzene rings is 1. The Bertz CT molecular complexity index is 594. The number of urea groups is 1. The number of amides is 2. The minimum atomic E-state index is -0.191. The predicted octanol–water partition coefficient (Wildman–Crippen LogP) is 2.26. The zero-order chi connectivity index (χ0) is 18.9. The lowest BCUT2D eigenvalue weighted by molar-refractivity contribution is 0.181. The maximum absolute atomic E-state index is 11.7. The number of guanidine groups is 1. The van der Waals surface area contributed by atoms with Crippen molar-refractivity contribution in [3.63, 3.8) is 0 Å². The predicted molar refractivity (Wildman–Crippen MR) is 105 cm³/mol. The normalized spacial score (nSPS) is 17.3. The van der Waals surface area contributed by atoms with Gasteiger partial charge in [0.2, 0.25) is 0 Å². The highest BCUT2D eigenvalue weighted by Crippen LogP contribution is 2.13. The number of carbonyl (C=O) groups excluding carboxylic acids is 1. The van der Waals surface area contributed by atoms with Crippen LogP contribution in [0.4, 0.5) is 10.5 Å². The van der Waals surface area contributed by atoms with Gasteiger partial charge in [0.05, 0.1) is 6.61 Å². The molecule has 2 amide bonds. The zero-order valence-corrected chi connectivity index (χ0v) is 16.2. The number of ether oxygens (including phenoxy) is 1. The summed E-state index contributed by atoms with van der Waals surface area (Å²) in [6.07, 6.45) is 1.11. The van der Waals surface area contributed by atoms with Gasteiger partial charge in [-0.15, -0.1) is 0 Å². The lowest BCUT2D eigenvalue weighted by Crippen LogP contribution is -2.41. The summed E-state index contributed by atoms with van der Waals surface area (Å²) in [5.41, 5.74) is 1.90. The second-order valence-electron chi connectivity index (χ2n) is 6.96. The largest absolute Gasteiger partial charge is 0.381 e. The summed E-state index contributed by atoms with van der Waals surface area (Å²) >= 11 is 0. The number of nitrogens with one attached hydrogen (secondary N) is 3. The highest BCUT2D eigenvalue weighted by molar-refractivity contribution is 5.89. The number of nitrogens with zero attached hydrogens (tertiary/aromatic N) is 2. The van der Waals surface area contributed by atoms with Gasteiger partial charge in [0, 0.05) is 51.4 Å². The zero-order valence-electron chi connectivity index (χ0n) is 16.2. The van der Waals surface area contributed by atoms with Gasteiger partial charge in [-0.05, 0) is 38.0 Å². The molecule has 0 bridgehead atoms. The van der Waals surface area contributed by atoms with Crippen LogP contribution in [0.1, 0.15) is 25.8 Å². The molecule has 0 aromatic heterocycles. The van der Waals surface area contributed by atoms with Crippen molar-refractivity contribution in [2.75, 3.05) is 39.2 Å². The fourth-order valence-corrected chi connectivity index (χ4v) is 2.90. The van der Waals surface area contributed by atoms with Gasteiger partial charge in [0.25, 0.3) is 0 Å². The Morgan fingerprint density at radius 3 is 2.65 bits per heavy atom. The molecular weight excluding hydrogens is 330 g/mol. The van der Waals surface area contributed by atoms with E-state index in [0.29, 0.717) is 12.5 Å². The fraction of sp³-hybridized carbons (Fsp3) is 0.579. The van der Waals surface area contributed by atoms with Gasteiger partial charge in [0.15, 0.2) is 5.96 Å². The first-order chi connectivity index (χ1) is 12.5. The average molecular weight is 361 g/mol. The number of hydrogen-bond acceptors (Lipinski definition) is 3. The van der Waals surface area contributed by atoms with Crippen molar-refractivity contribution in [3.8, 4) is 0 Å². The van der Waals surface area contributed by atoms with Crippen LogP contribution in [0.5, 0.6) is 0 Å². The van der Waals surface area contributed by atoms with Crippen LogP contribution in [0, 0.1) is 5.92 Å². The number of hydrogen-bond donors (Lipinski definition) is 3. The maximum atomic E-state index is 11.7. The maximum Gasteiger partial charge on any atom is 0.319 e. The minimum absolute atomic E-state index is 0.109. The van der Waals surface area contributed by atoms with E-state index in [4.69, 9.17) is 4.74 Å². The Labute approximate surface area is 156 Å². The summed E-state index contributed by atoms with van der Waals surface area (Å²) in [5.74, 6) is 1.44. The van der Waals surface area contributed by atoms with E-state index in [2.05, 4.69) is 25.8 Å². The van der Waals surface area contributed by atoms with Crippen LogP contribution in [-0.2, 0) is 11.3 Å². The van der Waals surface area contributed by atoms with Gasteiger partial charge in [-0.3, -0.25) is 4.99 Å². The van der Waals surface area contributed by atoms with Crippen LogP contribution in [-0.4, -0.2) is 56.8 Å². The summed E-state index contributed by atoms with van der Waals surface area (Å²) in [5, 5.41) is 9.00. The molecule has 3 N–H and O–H groups in total. The highest BCUT2D eigenvalue weighted by Gasteiger charge is 2.18. The smallest absolute Gasteiger partial charge is 0.319 e. The van der Waals surface area contributed by atoms with Crippen molar-refractivity contribution >= 4 is 17.7 Å². The number of anilines is 1. The highest BCUT2D eigenvalue weighted by atomic mass is 16.5. The quantitative estimate of drug-likeness (QED) is 0.536. The molecule has 1 atom stereocenters. The van der Waals surface area contributed by atoms with Crippen molar-refractivity contribution in [3.05, 3.63) is 29.8 Å². The molecule has 1 aromatic carbocycles. The van der Waals surface area contributed by atoms with Gasteiger partial charge >= 0.3 is 6.03 Å². The average Bonchev–Trinajstić information content (AvgIpc) is 3.09. The number of aliphatic imine (C=N–C) groups is 1. The van der Waals surface area contributed by atoms with Crippen molar-refractivity contribution in [1.29, 1.82) is 0 Å². The third kappa shape index (κ3) is 6.55. The minimum Gasteiger partial charge on any atom is -0.381 e.